The van der Waals surface area contributed by atoms with E-state index in [1.54, 1.807) is 4.57 Å². The third-order valence-corrected chi connectivity index (χ3v) is 3.75. The van der Waals surface area contributed by atoms with Crippen LogP contribution in [0, 0.1) is 0 Å². The molecular formula is C16H15N5O4. The summed E-state index contributed by atoms with van der Waals surface area (Å²) in [6.45, 7) is 0.248. The molecular weight excluding hydrogens is 326 g/mol. The highest BCUT2D eigenvalue weighted by atomic mass is 16.7. The lowest BCUT2D eigenvalue weighted by Crippen LogP contribution is -2.21. The number of fused-ring (bicyclic) bond motifs is 1. The van der Waals surface area contributed by atoms with Gasteiger partial charge in [0.1, 0.15) is 0 Å². The number of esters is 1. The second-order valence-corrected chi connectivity index (χ2v) is 5.51. The Morgan fingerprint density at radius 2 is 2.16 bits per heavy atom. The van der Waals surface area contributed by atoms with Gasteiger partial charge in [-0.2, -0.15) is 4.99 Å². The lowest BCUT2D eigenvalue weighted by molar-refractivity contribution is -0.127. The SMILES string of the molecule is CN=C1N=C(Nc2nc(Cc3ccc4c(c3)OCO4)cn2C)C(=O)O1. The minimum Gasteiger partial charge on any atom is -0.454 e. The van der Waals surface area contributed by atoms with Gasteiger partial charge in [-0.1, -0.05) is 6.07 Å². The third-order valence-electron chi connectivity index (χ3n) is 3.75. The number of carbonyl (C=O) groups is 1. The maximum atomic E-state index is 11.7. The van der Waals surface area contributed by atoms with Gasteiger partial charge in [0.05, 0.1) is 5.69 Å². The molecule has 2 aromatic rings. The van der Waals surface area contributed by atoms with Crippen LogP contribution in [0.1, 0.15) is 11.3 Å². The van der Waals surface area contributed by atoms with Gasteiger partial charge in [-0.25, -0.2) is 14.8 Å². The van der Waals surface area contributed by atoms with Crippen LogP contribution in [0.25, 0.3) is 0 Å². The molecule has 0 saturated carbocycles. The lowest BCUT2D eigenvalue weighted by Gasteiger charge is -2.01. The van der Waals surface area contributed by atoms with Crippen LogP contribution in [0.5, 0.6) is 11.5 Å². The predicted molar refractivity (Wildman–Crippen MR) is 89.1 cm³/mol. The average Bonchev–Trinajstić information content (AvgIpc) is 3.28. The van der Waals surface area contributed by atoms with Crippen molar-refractivity contribution in [2.75, 3.05) is 19.2 Å². The molecule has 0 unspecified atom stereocenters. The Labute approximate surface area is 143 Å². The number of carbonyl (C=O) groups excluding carboxylic acids is 1. The van der Waals surface area contributed by atoms with Crippen LogP contribution in [-0.2, 0) is 23.0 Å². The van der Waals surface area contributed by atoms with E-state index < -0.39 is 5.97 Å². The summed E-state index contributed by atoms with van der Waals surface area (Å²) in [6.07, 6.45) is 2.49. The molecule has 0 spiro atoms. The Morgan fingerprint density at radius 1 is 1.32 bits per heavy atom. The number of aryl methyl sites for hydroxylation is 1. The first-order valence-electron chi connectivity index (χ1n) is 7.58. The van der Waals surface area contributed by atoms with Crippen molar-refractivity contribution in [3.8, 4) is 11.5 Å². The zero-order valence-corrected chi connectivity index (χ0v) is 13.6. The molecule has 0 bridgehead atoms. The molecule has 0 radical (unpaired) electrons. The first-order chi connectivity index (χ1) is 12.1. The van der Waals surface area contributed by atoms with Crippen molar-refractivity contribution in [3.63, 3.8) is 0 Å². The summed E-state index contributed by atoms with van der Waals surface area (Å²) in [5, 5.41) is 2.87. The largest absolute Gasteiger partial charge is 0.454 e. The second-order valence-electron chi connectivity index (χ2n) is 5.51. The van der Waals surface area contributed by atoms with Crippen molar-refractivity contribution in [3.05, 3.63) is 35.7 Å². The molecule has 25 heavy (non-hydrogen) atoms. The minimum atomic E-state index is -0.582. The summed E-state index contributed by atoms with van der Waals surface area (Å²) >= 11 is 0. The second kappa shape index (κ2) is 5.93. The standard InChI is InChI=1S/C16H15N5O4/c1-17-16-20-13(14(22)25-16)19-15-18-10(7-21(15)2)5-9-3-4-11-12(6-9)24-8-23-11/h3-4,6-7H,5,8H2,1-2H3,(H,17,18,19,20). The summed E-state index contributed by atoms with van der Waals surface area (Å²) in [5.41, 5.74) is 1.88. The number of hydrogen-bond acceptors (Lipinski definition) is 7. The Morgan fingerprint density at radius 3 is 2.96 bits per heavy atom. The van der Waals surface area contributed by atoms with Gasteiger partial charge >= 0.3 is 12.0 Å². The molecule has 0 atom stereocenters. The number of imidazole rings is 1. The van der Waals surface area contributed by atoms with Gasteiger partial charge in [0.15, 0.2) is 11.5 Å². The monoisotopic (exact) mass is 341 g/mol. The molecule has 2 aliphatic heterocycles. The minimum absolute atomic E-state index is 0.0299. The smallest absolute Gasteiger partial charge is 0.382 e. The summed E-state index contributed by atoms with van der Waals surface area (Å²) in [6, 6.07) is 5.82. The van der Waals surface area contributed by atoms with Gasteiger partial charge < -0.3 is 24.1 Å². The van der Waals surface area contributed by atoms with Crippen molar-refractivity contribution in [2.24, 2.45) is 17.0 Å². The van der Waals surface area contributed by atoms with Crippen LogP contribution in [0.15, 0.2) is 34.4 Å². The van der Waals surface area contributed by atoms with E-state index in [-0.39, 0.29) is 18.7 Å². The molecule has 0 aliphatic carbocycles. The van der Waals surface area contributed by atoms with Gasteiger partial charge in [0.2, 0.25) is 18.6 Å². The molecule has 1 aromatic heterocycles. The number of rotatable bonds is 3. The fourth-order valence-electron chi connectivity index (χ4n) is 2.57. The number of aliphatic imine (C=N–C) groups is 2. The van der Waals surface area contributed by atoms with Gasteiger partial charge in [0, 0.05) is 26.7 Å². The number of benzene rings is 1. The zero-order valence-electron chi connectivity index (χ0n) is 13.6. The predicted octanol–water partition coefficient (Wildman–Crippen LogP) is 1.09. The highest BCUT2D eigenvalue weighted by molar-refractivity contribution is 6.45. The van der Waals surface area contributed by atoms with E-state index in [0.717, 1.165) is 22.8 Å². The van der Waals surface area contributed by atoms with Crippen molar-refractivity contribution in [1.29, 1.82) is 0 Å². The summed E-state index contributed by atoms with van der Waals surface area (Å²) in [7, 11) is 3.33. The first-order valence-corrected chi connectivity index (χ1v) is 7.58. The Balaban J connectivity index is 1.52. The number of aromatic nitrogens is 2. The first kappa shape index (κ1) is 15.2. The quantitative estimate of drug-likeness (QED) is 0.839. The normalized spacial score (nSPS) is 17.0. The summed E-state index contributed by atoms with van der Waals surface area (Å²) in [5.74, 6) is 1.45. The van der Waals surface area contributed by atoms with E-state index in [4.69, 9.17) is 14.2 Å². The molecule has 128 valence electrons. The number of hydrogen-bond donors (Lipinski definition) is 1. The lowest BCUT2D eigenvalue weighted by atomic mass is 10.1. The van der Waals surface area contributed by atoms with Crippen LogP contribution >= 0.6 is 0 Å². The fraction of sp³-hybridized carbons (Fsp3) is 0.250. The number of nitrogens with zero attached hydrogens (tertiary/aromatic N) is 4. The number of amidine groups is 2. The Hall–Kier alpha value is -3.36. The Bertz CT molecular complexity index is 915. The van der Waals surface area contributed by atoms with Crippen molar-refractivity contribution < 1.29 is 19.0 Å². The number of ether oxygens (including phenoxy) is 3. The summed E-state index contributed by atoms with van der Waals surface area (Å²) in [4.78, 5) is 23.9. The number of anilines is 1. The summed E-state index contributed by atoms with van der Waals surface area (Å²) < 4.78 is 17.3. The molecule has 3 heterocycles. The topological polar surface area (TPSA) is 99.3 Å². The van der Waals surface area contributed by atoms with E-state index >= 15 is 0 Å². The van der Waals surface area contributed by atoms with E-state index in [1.165, 1.54) is 7.05 Å². The van der Waals surface area contributed by atoms with E-state index in [0.29, 0.717) is 12.4 Å². The van der Waals surface area contributed by atoms with Crippen LogP contribution < -0.4 is 14.8 Å². The van der Waals surface area contributed by atoms with Crippen molar-refractivity contribution in [1.82, 2.24) is 9.55 Å². The average molecular weight is 341 g/mol. The fourth-order valence-corrected chi connectivity index (χ4v) is 2.57. The molecule has 0 fully saturated rings. The van der Waals surface area contributed by atoms with Gasteiger partial charge in [-0.15, -0.1) is 0 Å². The molecule has 9 nitrogen and oxygen atoms in total. The highest BCUT2D eigenvalue weighted by Crippen LogP contribution is 2.33. The molecule has 1 N–H and O–H groups in total. The van der Waals surface area contributed by atoms with E-state index in [9.17, 15) is 4.79 Å². The van der Waals surface area contributed by atoms with Gasteiger partial charge in [0.25, 0.3) is 0 Å². The van der Waals surface area contributed by atoms with Crippen LogP contribution in [0.2, 0.25) is 0 Å². The van der Waals surface area contributed by atoms with Gasteiger partial charge in [-0.3, -0.25) is 0 Å². The highest BCUT2D eigenvalue weighted by Gasteiger charge is 2.25. The van der Waals surface area contributed by atoms with Crippen LogP contribution in [-0.4, -0.2) is 41.2 Å². The molecule has 9 heteroatoms. The van der Waals surface area contributed by atoms with Gasteiger partial charge in [-0.05, 0) is 17.7 Å². The Kier molecular flexibility index (Phi) is 3.60. The molecule has 0 saturated heterocycles. The third kappa shape index (κ3) is 2.91. The molecule has 2 aliphatic rings. The molecule has 0 amide bonds. The van der Waals surface area contributed by atoms with Crippen molar-refractivity contribution >= 4 is 23.8 Å². The van der Waals surface area contributed by atoms with E-state index in [1.807, 2.05) is 31.4 Å². The van der Waals surface area contributed by atoms with E-state index in [2.05, 4.69) is 20.3 Å². The number of nitrogens with one attached hydrogen (secondary N) is 1. The number of cyclic esters (lactones) is 1. The zero-order chi connectivity index (χ0) is 17.4. The maximum Gasteiger partial charge on any atom is 0.382 e. The molecule has 1 aromatic carbocycles. The maximum absolute atomic E-state index is 11.7. The van der Waals surface area contributed by atoms with Crippen LogP contribution in [0.4, 0.5) is 5.95 Å². The van der Waals surface area contributed by atoms with Crippen LogP contribution in [0.3, 0.4) is 0 Å². The van der Waals surface area contributed by atoms with Crippen molar-refractivity contribution in [2.45, 2.75) is 6.42 Å². The molecule has 4 rings (SSSR count).